The second-order valence-corrected chi connectivity index (χ2v) is 5.58. The first kappa shape index (κ1) is 14.6. The average molecular weight is 279 g/mol. The molecule has 110 valence electrons. The third-order valence-electron chi connectivity index (χ3n) is 4.14. The predicted octanol–water partition coefficient (Wildman–Crippen LogP) is 1.48. The van der Waals surface area contributed by atoms with E-state index in [1.54, 1.807) is 11.8 Å². The van der Waals surface area contributed by atoms with Crippen LogP contribution in [0.1, 0.15) is 50.3 Å². The van der Waals surface area contributed by atoms with Crippen LogP contribution >= 0.6 is 0 Å². The number of aromatic nitrogens is 1. The Morgan fingerprint density at radius 1 is 1.45 bits per heavy atom. The maximum atomic E-state index is 12.6. The van der Waals surface area contributed by atoms with E-state index in [1.807, 2.05) is 27.7 Å². The van der Waals surface area contributed by atoms with E-state index < -0.39 is 5.54 Å². The monoisotopic (exact) mass is 279 g/mol. The van der Waals surface area contributed by atoms with Gasteiger partial charge in [0.2, 0.25) is 11.8 Å². The van der Waals surface area contributed by atoms with E-state index in [1.165, 1.54) is 0 Å². The van der Waals surface area contributed by atoms with Crippen molar-refractivity contribution in [3.8, 4) is 0 Å². The number of amides is 2. The average Bonchev–Trinajstić information content (AvgIpc) is 2.72. The van der Waals surface area contributed by atoms with Gasteiger partial charge in [0.15, 0.2) is 0 Å². The molecule has 0 aliphatic carbocycles. The summed E-state index contributed by atoms with van der Waals surface area (Å²) in [7, 11) is 0. The van der Waals surface area contributed by atoms with Crippen LogP contribution in [0.5, 0.6) is 0 Å². The Labute approximate surface area is 118 Å². The first-order valence-electron chi connectivity index (χ1n) is 6.85. The van der Waals surface area contributed by atoms with Gasteiger partial charge in [-0.1, -0.05) is 12.1 Å². The minimum Gasteiger partial charge on any atom is -0.361 e. The largest absolute Gasteiger partial charge is 0.361 e. The molecule has 2 heterocycles. The number of piperazine rings is 1. The smallest absolute Gasteiger partial charge is 0.249 e. The minimum atomic E-state index is -0.831. The van der Waals surface area contributed by atoms with Gasteiger partial charge in [0, 0.05) is 5.56 Å². The maximum absolute atomic E-state index is 12.6. The molecular formula is C14H21N3O3. The van der Waals surface area contributed by atoms with Crippen molar-refractivity contribution >= 4 is 11.8 Å². The molecule has 6 nitrogen and oxygen atoms in total. The molecule has 1 aromatic rings. The van der Waals surface area contributed by atoms with Crippen molar-refractivity contribution in [2.24, 2.45) is 0 Å². The number of nitrogens with one attached hydrogen (secondary N) is 1. The Bertz CT molecular complexity index is 532. The van der Waals surface area contributed by atoms with Crippen molar-refractivity contribution in [3.63, 3.8) is 0 Å². The van der Waals surface area contributed by atoms with Crippen molar-refractivity contribution in [2.45, 2.75) is 52.6 Å². The number of hydrogen-bond donors (Lipinski definition) is 1. The third-order valence-corrected chi connectivity index (χ3v) is 4.14. The molecule has 6 heteroatoms. The normalized spacial score (nSPS) is 24.8. The molecule has 0 saturated carbocycles. The fourth-order valence-corrected chi connectivity index (χ4v) is 2.74. The molecular weight excluding hydrogens is 258 g/mol. The van der Waals surface area contributed by atoms with Gasteiger partial charge in [-0.2, -0.15) is 0 Å². The molecule has 0 spiro atoms. The molecule has 1 aliphatic rings. The van der Waals surface area contributed by atoms with Gasteiger partial charge >= 0.3 is 0 Å². The summed E-state index contributed by atoms with van der Waals surface area (Å²) in [6, 6.07) is -0.231. The van der Waals surface area contributed by atoms with Crippen LogP contribution in [-0.2, 0) is 9.59 Å². The molecule has 0 radical (unpaired) electrons. The molecule has 2 unspecified atom stereocenters. The minimum absolute atomic E-state index is 0.0629. The highest BCUT2D eigenvalue weighted by atomic mass is 16.5. The highest BCUT2D eigenvalue weighted by Gasteiger charge is 2.44. The highest BCUT2D eigenvalue weighted by Crippen LogP contribution is 2.30. The van der Waals surface area contributed by atoms with Gasteiger partial charge in [-0.05, 0) is 34.1 Å². The highest BCUT2D eigenvalue weighted by molar-refractivity contribution is 5.97. The number of aryl methyl sites for hydroxylation is 2. The zero-order valence-electron chi connectivity index (χ0n) is 12.6. The van der Waals surface area contributed by atoms with Gasteiger partial charge in [0.25, 0.3) is 0 Å². The summed E-state index contributed by atoms with van der Waals surface area (Å²) in [6.45, 7) is 9.29. The molecule has 1 saturated heterocycles. The zero-order chi connectivity index (χ0) is 15.1. The second-order valence-electron chi connectivity index (χ2n) is 5.58. The number of carbonyl (C=O) groups is 2. The summed E-state index contributed by atoms with van der Waals surface area (Å²) in [5, 5.41) is 6.70. The van der Waals surface area contributed by atoms with Crippen molar-refractivity contribution in [3.05, 3.63) is 17.0 Å². The lowest BCUT2D eigenvalue weighted by molar-refractivity contribution is -0.151. The van der Waals surface area contributed by atoms with Crippen LogP contribution in [0.3, 0.4) is 0 Å². The quantitative estimate of drug-likeness (QED) is 0.909. The van der Waals surface area contributed by atoms with E-state index in [4.69, 9.17) is 4.52 Å². The molecule has 0 aromatic carbocycles. The van der Waals surface area contributed by atoms with E-state index in [2.05, 4.69) is 10.5 Å². The molecule has 2 amide bonds. The van der Waals surface area contributed by atoms with Crippen LogP contribution in [0.25, 0.3) is 0 Å². The molecule has 2 atom stereocenters. The molecule has 1 aromatic heterocycles. The SMILES string of the molecule is CCC1(C)NC(=O)CN(C(C)c2c(C)noc2C)C1=O. The van der Waals surface area contributed by atoms with Crippen LogP contribution < -0.4 is 5.32 Å². The predicted molar refractivity (Wildman–Crippen MR) is 72.9 cm³/mol. The Morgan fingerprint density at radius 3 is 2.60 bits per heavy atom. The summed E-state index contributed by atoms with van der Waals surface area (Å²) in [6.07, 6.45) is 0.558. The molecule has 20 heavy (non-hydrogen) atoms. The Balaban J connectivity index is 2.36. The summed E-state index contributed by atoms with van der Waals surface area (Å²) >= 11 is 0. The van der Waals surface area contributed by atoms with E-state index in [9.17, 15) is 9.59 Å². The first-order valence-corrected chi connectivity index (χ1v) is 6.85. The first-order chi connectivity index (χ1) is 9.30. The summed E-state index contributed by atoms with van der Waals surface area (Å²) in [4.78, 5) is 26.1. The van der Waals surface area contributed by atoms with E-state index in [0.717, 1.165) is 11.3 Å². The Hall–Kier alpha value is -1.85. The van der Waals surface area contributed by atoms with E-state index >= 15 is 0 Å². The van der Waals surface area contributed by atoms with Gasteiger partial charge in [0.05, 0.1) is 11.7 Å². The van der Waals surface area contributed by atoms with Crippen molar-refractivity contribution < 1.29 is 14.1 Å². The van der Waals surface area contributed by atoms with Crippen LogP contribution in [0.15, 0.2) is 4.52 Å². The van der Waals surface area contributed by atoms with Gasteiger partial charge in [-0.3, -0.25) is 9.59 Å². The number of carbonyl (C=O) groups excluding carboxylic acids is 2. The van der Waals surface area contributed by atoms with Gasteiger partial charge in [-0.15, -0.1) is 0 Å². The maximum Gasteiger partial charge on any atom is 0.249 e. The van der Waals surface area contributed by atoms with Gasteiger partial charge in [-0.25, -0.2) is 0 Å². The lowest BCUT2D eigenvalue weighted by Gasteiger charge is -2.42. The van der Waals surface area contributed by atoms with Crippen molar-refractivity contribution in [1.29, 1.82) is 0 Å². The molecule has 0 bridgehead atoms. The van der Waals surface area contributed by atoms with Crippen LogP contribution in [-0.4, -0.2) is 34.0 Å². The fourth-order valence-electron chi connectivity index (χ4n) is 2.74. The summed E-state index contributed by atoms with van der Waals surface area (Å²) in [5.74, 6) is 0.492. The van der Waals surface area contributed by atoms with Crippen LogP contribution in [0.2, 0.25) is 0 Å². The number of hydrogen-bond acceptors (Lipinski definition) is 4. The molecule has 1 fully saturated rings. The van der Waals surface area contributed by atoms with E-state index in [0.29, 0.717) is 12.2 Å². The Morgan fingerprint density at radius 2 is 2.10 bits per heavy atom. The number of rotatable bonds is 3. The van der Waals surface area contributed by atoms with Crippen molar-refractivity contribution in [1.82, 2.24) is 15.4 Å². The molecule has 1 N–H and O–H groups in total. The summed E-state index contributed by atoms with van der Waals surface area (Å²) < 4.78 is 5.16. The Kier molecular flexibility index (Phi) is 3.58. The zero-order valence-corrected chi connectivity index (χ0v) is 12.6. The molecule has 1 aliphatic heterocycles. The van der Waals surface area contributed by atoms with Crippen molar-refractivity contribution in [2.75, 3.05) is 6.54 Å². The number of nitrogens with zero attached hydrogens (tertiary/aromatic N) is 2. The lowest BCUT2D eigenvalue weighted by atomic mass is 9.92. The second kappa shape index (κ2) is 4.92. The van der Waals surface area contributed by atoms with Gasteiger partial charge < -0.3 is 14.7 Å². The van der Waals surface area contributed by atoms with Gasteiger partial charge in [0.1, 0.15) is 17.8 Å². The molecule has 2 rings (SSSR count). The fraction of sp³-hybridized carbons (Fsp3) is 0.643. The van der Waals surface area contributed by atoms with Crippen LogP contribution in [0.4, 0.5) is 0 Å². The summed E-state index contributed by atoms with van der Waals surface area (Å²) in [5.41, 5.74) is 0.807. The topological polar surface area (TPSA) is 75.4 Å². The third kappa shape index (κ3) is 2.19. The van der Waals surface area contributed by atoms with E-state index in [-0.39, 0.29) is 24.4 Å². The van der Waals surface area contributed by atoms with Crippen LogP contribution in [0, 0.1) is 13.8 Å². The standard InChI is InChI=1S/C14H21N3O3/c1-6-14(5)13(19)17(7-11(18)15-14)9(3)12-8(2)16-20-10(12)4/h9H,6-7H2,1-5H3,(H,15,18). The lowest BCUT2D eigenvalue weighted by Crippen LogP contribution is -2.65.